The van der Waals surface area contributed by atoms with Crippen LogP contribution in [0, 0.1) is 11.8 Å². The van der Waals surface area contributed by atoms with Crippen molar-refractivity contribution in [2.45, 2.75) is 32.5 Å². The van der Waals surface area contributed by atoms with Gasteiger partial charge in [0.05, 0.1) is 5.56 Å². The largest absolute Gasteiger partial charge is 0.416 e. The van der Waals surface area contributed by atoms with E-state index < -0.39 is 11.7 Å². The first kappa shape index (κ1) is 13.3. The summed E-state index contributed by atoms with van der Waals surface area (Å²) >= 11 is 0. The van der Waals surface area contributed by atoms with Crippen LogP contribution in [-0.2, 0) is 6.18 Å². The molecule has 1 aromatic heterocycles. The molecule has 1 aliphatic carbocycles. The Morgan fingerprint density at radius 2 is 2.17 bits per heavy atom. The summed E-state index contributed by atoms with van der Waals surface area (Å²) in [6, 6.07) is 0.822. The van der Waals surface area contributed by atoms with Crippen LogP contribution in [0.15, 0.2) is 18.5 Å². The van der Waals surface area contributed by atoms with Crippen LogP contribution >= 0.6 is 0 Å². The van der Waals surface area contributed by atoms with Crippen molar-refractivity contribution in [2.24, 2.45) is 11.8 Å². The maximum absolute atomic E-state index is 13.0. The second-order valence-electron chi connectivity index (χ2n) is 4.87. The molecule has 1 saturated carbocycles. The highest BCUT2D eigenvalue weighted by atomic mass is 19.4. The summed E-state index contributed by atoms with van der Waals surface area (Å²) in [6.45, 7) is 4.63. The zero-order chi connectivity index (χ0) is 13.3. The molecular formula is C13H17F3N2. The van der Waals surface area contributed by atoms with Gasteiger partial charge in [-0.2, -0.15) is 13.2 Å². The molecule has 0 bridgehead atoms. The van der Waals surface area contributed by atoms with E-state index >= 15 is 0 Å². The number of nitrogens with one attached hydrogen (secondary N) is 1. The molecular weight excluding hydrogens is 241 g/mol. The molecule has 100 valence electrons. The van der Waals surface area contributed by atoms with Crippen molar-refractivity contribution < 1.29 is 13.2 Å². The van der Waals surface area contributed by atoms with E-state index in [1.54, 1.807) is 0 Å². The fourth-order valence-electron chi connectivity index (χ4n) is 2.44. The molecule has 0 saturated heterocycles. The molecule has 0 amide bonds. The summed E-state index contributed by atoms with van der Waals surface area (Å²) in [5, 5.41) is 3.16. The van der Waals surface area contributed by atoms with Crippen molar-refractivity contribution in [2.75, 3.05) is 6.54 Å². The second kappa shape index (κ2) is 4.88. The standard InChI is InChI=1S/C13H17F3N2/c1-3-18-12(9-6-8(9)2)10-7-17-5-4-11(10)13(14,15)16/h4-5,7-9,12,18H,3,6H2,1-2H3. The van der Waals surface area contributed by atoms with Gasteiger partial charge in [-0.3, -0.25) is 4.98 Å². The summed E-state index contributed by atoms with van der Waals surface area (Å²) in [6.07, 6.45) is -0.791. The van der Waals surface area contributed by atoms with Crippen LogP contribution < -0.4 is 5.32 Å². The minimum absolute atomic E-state index is 0.240. The number of pyridine rings is 1. The third kappa shape index (κ3) is 2.66. The molecule has 0 spiro atoms. The molecule has 0 aromatic carbocycles. The average Bonchev–Trinajstić information content (AvgIpc) is 3.02. The van der Waals surface area contributed by atoms with Gasteiger partial charge in [-0.05, 0) is 36.4 Å². The van der Waals surface area contributed by atoms with E-state index in [4.69, 9.17) is 0 Å². The summed E-state index contributed by atoms with van der Waals surface area (Å²) < 4.78 is 38.9. The van der Waals surface area contributed by atoms with Crippen molar-refractivity contribution >= 4 is 0 Å². The first-order chi connectivity index (χ1) is 8.45. The molecule has 5 heteroatoms. The monoisotopic (exact) mass is 258 g/mol. The highest BCUT2D eigenvalue weighted by Gasteiger charge is 2.43. The van der Waals surface area contributed by atoms with Crippen LogP contribution in [0.4, 0.5) is 13.2 Å². The number of hydrogen-bond donors (Lipinski definition) is 1. The van der Waals surface area contributed by atoms with Gasteiger partial charge in [0.25, 0.3) is 0 Å². The Bertz CT molecular complexity index is 417. The molecule has 3 atom stereocenters. The van der Waals surface area contributed by atoms with E-state index in [-0.39, 0.29) is 17.5 Å². The van der Waals surface area contributed by atoms with Crippen LogP contribution in [0.5, 0.6) is 0 Å². The van der Waals surface area contributed by atoms with Crippen molar-refractivity contribution in [3.63, 3.8) is 0 Å². The van der Waals surface area contributed by atoms with Gasteiger partial charge in [-0.15, -0.1) is 0 Å². The number of rotatable bonds is 4. The van der Waals surface area contributed by atoms with Gasteiger partial charge in [-0.1, -0.05) is 13.8 Å². The first-order valence-electron chi connectivity index (χ1n) is 6.19. The van der Waals surface area contributed by atoms with Gasteiger partial charge in [0, 0.05) is 18.4 Å². The molecule has 1 fully saturated rings. The van der Waals surface area contributed by atoms with Gasteiger partial charge in [-0.25, -0.2) is 0 Å². The van der Waals surface area contributed by atoms with Gasteiger partial charge in [0.15, 0.2) is 0 Å². The van der Waals surface area contributed by atoms with E-state index in [0.717, 1.165) is 12.5 Å². The van der Waals surface area contributed by atoms with Crippen LogP contribution in [-0.4, -0.2) is 11.5 Å². The van der Waals surface area contributed by atoms with Crippen LogP contribution in [0.2, 0.25) is 0 Å². The molecule has 0 radical (unpaired) electrons. The third-order valence-corrected chi connectivity index (χ3v) is 3.52. The second-order valence-corrected chi connectivity index (χ2v) is 4.87. The van der Waals surface area contributed by atoms with Crippen molar-refractivity contribution in [1.29, 1.82) is 0 Å². The number of nitrogens with zero attached hydrogens (tertiary/aromatic N) is 1. The molecule has 2 nitrogen and oxygen atoms in total. The molecule has 1 aliphatic rings. The lowest BCUT2D eigenvalue weighted by Crippen LogP contribution is -2.26. The molecule has 3 unspecified atom stereocenters. The Labute approximate surface area is 105 Å². The first-order valence-corrected chi connectivity index (χ1v) is 6.19. The third-order valence-electron chi connectivity index (χ3n) is 3.52. The Balaban J connectivity index is 2.35. The quantitative estimate of drug-likeness (QED) is 0.895. The Kier molecular flexibility index (Phi) is 3.61. The van der Waals surface area contributed by atoms with E-state index in [1.807, 2.05) is 6.92 Å². The van der Waals surface area contributed by atoms with Crippen LogP contribution in [0.1, 0.15) is 37.4 Å². The predicted molar refractivity (Wildman–Crippen MR) is 62.9 cm³/mol. The number of halogens is 3. The number of hydrogen-bond acceptors (Lipinski definition) is 2. The van der Waals surface area contributed by atoms with Gasteiger partial charge in [0.1, 0.15) is 0 Å². The van der Waals surface area contributed by atoms with Crippen LogP contribution in [0.25, 0.3) is 0 Å². The molecule has 18 heavy (non-hydrogen) atoms. The lowest BCUT2D eigenvalue weighted by Gasteiger charge is -2.22. The Morgan fingerprint density at radius 3 is 2.67 bits per heavy atom. The summed E-state index contributed by atoms with van der Waals surface area (Å²) in [5.74, 6) is 0.769. The van der Waals surface area contributed by atoms with E-state index in [0.29, 0.717) is 12.5 Å². The van der Waals surface area contributed by atoms with E-state index in [1.165, 1.54) is 12.4 Å². The van der Waals surface area contributed by atoms with Gasteiger partial charge in [0.2, 0.25) is 0 Å². The normalized spacial score (nSPS) is 24.9. The lowest BCUT2D eigenvalue weighted by molar-refractivity contribution is -0.138. The number of alkyl halides is 3. The Hall–Kier alpha value is -1.10. The van der Waals surface area contributed by atoms with Crippen molar-refractivity contribution in [1.82, 2.24) is 10.3 Å². The highest BCUT2D eigenvalue weighted by molar-refractivity contribution is 5.31. The average molecular weight is 258 g/mol. The SMILES string of the molecule is CCNC(c1cnccc1C(F)(F)F)C1CC1C. The van der Waals surface area contributed by atoms with Crippen molar-refractivity contribution in [3.8, 4) is 0 Å². The van der Waals surface area contributed by atoms with E-state index in [9.17, 15) is 13.2 Å². The Morgan fingerprint density at radius 1 is 1.50 bits per heavy atom. The van der Waals surface area contributed by atoms with Gasteiger partial charge < -0.3 is 5.32 Å². The molecule has 1 aromatic rings. The topological polar surface area (TPSA) is 24.9 Å². The minimum Gasteiger partial charge on any atom is -0.310 e. The summed E-state index contributed by atoms with van der Waals surface area (Å²) in [7, 11) is 0. The smallest absolute Gasteiger partial charge is 0.310 e. The van der Waals surface area contributed by atoms with Crippen molar-refractivity contribution in [3.05, 3.63) is 29.6 Å². The summed E-state index contributed by atoms with van der Waals surface area (Å²) in [5.41, 5.74) is -0.288. The molecule has 2 rings (SSSR count). The summed E-state index contributed by atoms with van der Waals surface area (Å²) in [4.78, 5) is 3.86. The van der Waals surface area contributed by atoms with E-state index in [2.05, 4.69) is 17.2 Å². The molecule has 0 aliphatic heterocycles. The molecule has 1 heterocycles. The fraction of sp³-hybridized carbons (Fsp3) is 0.615. The van der Waals surface area contributed by atoms with Gasteiger partial charge >= 0.3 is 6.18 Å². The van der Waals surface area contributed by atoms with Crippen LogP contribution in [0.3, 0.4) is 0 Å². The maximum atomic E-state index is 13.0. The predicted octanol–water partition coefficient (Wildman–Crippen LogP) is 3.41. The zero-order valence-electron chi connectivity index (χ0n) is 10.5. The minimum atomic E-state index is -4.32. The fourth-order valence-corrected chi connectivity index (χ4v) is 2.44. The zero-order valence-corrected chi connectivity index (χ0v) is 10.5. The lowest BCUT2D eigenvalue weighted by atomic mass is 9.97. The molecule has 1 N–H and O–H groups in total. The number of aromatic nitrogens is 1. The highest BCUT2D eigenvalue weighted by Crippen LogP contribution is 2.48. The maximum Gasteiger partial charge on any atom is 0.416 e.